The fourth-order valence-corrected chi connectivity index (χ4v) is 1.75. The van der Waals surface area contributed by atoms with Gasteiger partial charge in [-0.2, -0.15) is 13.2 Å². The van der Waals surface area contributed by atoms with Crippen molar-refractivity contribution in [2.75, 3.05) is 0 Å². The molecule has 1 rings (SSSR count). The third kappa shape index (κ3) is 1.44. The molecule has 0 saturated heterocycles. The summed E-state index contributed by atoms with van der Waals surface area (Å²) in [7, 11) is 0. The van der Waals surface area contributed by atoms with E-state index in [1.807, 2.05) is 0 Å². The van der Waals surface area contributed by atoms with E-state index in [1.54, 1.807) is 0 Å². The van der Waals surface area contributed by atoms with Crippen LogP contribution in [0.1, 0.15) is 32.6 Å². The van der Waals surface area contributed by atoms with E-state index in [2.05, 4.69) is 0 Å². The second-order valence-electron chi connectivity index (χ2n) is 3.57. The van der Waals surface area contributed by atoms with Crippen LogP contribution in [0.2, 0.25) is 0 Å². The first-order valence-electron chi connectivity index (χ1n) is 4.17. The molecule has 0 radical (unpaired) electrons. The van der Waals surface area contributed by atoms with Gasteiger partial charge in [0, 0.05) is 0 Å². The Kier molecular flexibility index (Phi) is 2.38. The van der Waals surface area contributed by atoms with E-state index < -0.39 is 17.7 Å². The van der Waals surface area contributed by atoms with E-state index in [-0.39, 0.29) is 6.42 Å². The smallest absolute Gasteiger partial charge is 0.380 e. The topological polar surface area (TPSA) is 20.2 Å². The van der Waals surface area contributed by atoms with Gasteiger partial charge in [-0.1, -0.05) is 19.8 Å². The standard InChI is InChI=1S/C8H13F3O/c1-6-4-2-3-5-7(6,12)8(9,10)11/h6,12H,2-5H2,1H3. The van der Waals surface area contributed by atoms with Gasteiger partial charge in [-0.05, 0) is 18.8 Å². The van der Waals surface area contributed by atoms with Gasteiger partial charge in [0.1, 0.15) is 0 Å². The average Bonchev–Trinajstić information content (AvgIpc) is 1.93. The number of hydrogen-bond donors (Lipinski definition) is 1. The predicted octanol–water partition coefficient (Wildman–Crippen LogP) is 2.49. The predicted molar refractivity (Wildman–Crippen MR) is 38.6 cm³/mol. The summed E-state index contributed by atoms with van der Waals surface area (Å²) in [5.41, 5.74) is -2.43. The highest BCUT2D eigenvalue weighted by Crippen LogP contribution is 2.44. The molecule has 0 amide bonds. The molecule has 0 aromatic heterocycles. The Morgan fingerprint density at radius 1 is 1.33 bits per heavy atom. The van der Waals surface area contributed by atoms with E-state index in [0.717, 1.165) is 6.42 Å². The van der Waals surface area contributed by atoms with Gasteiger partial charge in [-0.3, -0.25) is 0 Å². The van der Waals surface area contributed by atoms with Crippen molar-refractivity contribution >= 4 is 0 Å². The molecule has 0 aromatic rings. The average molecular weight is 182 g/mol. The number of aliphatic hydroxyl groups is 1. The van der Waals surface area contributed by atoms with Crippen molar-refractivity contribution in [1.82, 2.24) is 0 Å². The van der Waals surface area contributed by atoms with Crippen LogP contribution < -0.4 is 0 Å². The fraction of sp³-hybridized carbons (Fsp3) is 1.00. The van der Waals surface area contributed by atoms with Crippen molar-refractivity contribution in [3.05, 3.63) is 0 Å². The minimum absolute atomic E-state index is 0.141. The number of rotatable bonds is 0. The molecular weight excluding hydrogens is 169 g/mol. The van der Waals surface area contributed by atoms with E-state index in [4.69, 9.17) is 0 Å². The molecule has 1 fully saturated rings. The lowest BCUT2D eigenvalue weighted by Crippen LogP contribution is -2.51. The zero-order valence-electron chi connectivity index (χ0n) is 6.99. The highest BCUT2D eigenvalue weighted by Gasteiger charge is 2.57. The second-order valence-corrected chi connectivity index (χ2v) is 3.57. The van der Waals surface area contributed by atoms with E-state index in [9.17, 15) is 18.3 Å². The normalized spacial score (nSPS) is 38.2. The van der Waals surface area contributed by atoms with Crippen LogP contribution in [0.4, 0.5) is 13.2 Å². The molecular formula is C8H13F3O. The van der Waals surface area contributed by atoms with Crippen LogP contribution in [0, 0.1) is 5.92 Å². The van der Waals surface area contributed by atoms with Crippen molar-refractivity contribution in [3.8, 4) is 0 Å². The van der Waals surface area contributed by atoms with Crippen LogP contribution in [-0.4, -0.2) is 16.9 Å². The fourth-order valence-electron chi connectivity index (χ4n) is 1.75. The summed E-state index contributed by atoms with van der Waals surface area (Å²) < 4.78 is 37.0. The van der Waals surface area contributed by atoms with Gasteiger partial charge in [0.05, 0.1) is 0 Å². The molecule has 0 bridgehead atoms. The molecule has 0 aliphatic heterocycles. The molecule has 1 aliphatic carbocycles. The van der Waals surface area contributed by atoms with Gasteiger partial charge in [-0.15, -0.1) is 0 Å². The Morgan fingerprint density at radius 2 is 1.92 bits per heavy atom. The third-order valence-corrected chi connectivity index (χ3v) is 2.75. The first-order chi connectivity index (χ1) is 5.38. The van der Waals surface area contributed by atoms with Gasteiger partial charge in [0.15, 0.2) is 5.60 Å². The van der Waals surface area contributed by atoms with Gasteiger partial charge in [0.2, 0.25) is 0 Å². The molecule has 2 atom stereocenters. The van der Waals surface area contributed by atoms with Crippen molar-refractivity contribution in [3.63, 3.8) is 0 Å². The highest BCUT2D eigenvalue weighted by atomic mass is 19.4. The van der Waals surface area contributed by atoms with Gasteiger partial charge in [0.25, 0.3) is 0 Å². The molecule has 12 heavy (non-hydrogen) atoms. The molecule has 1 saturated carbocycles. The maximum atomic E-state index is 12.3. The van der Waals surface area contributed by atoms with E-state index >= 15 is 0 Å². The maximum absolute atomic E-state index is 12.3. The molecule has 0 heterocycles. The SMILES string of the molecule is CC1CCCCC1(O)C(F)(F)F. The van der Waals surface area contributed by atoms with Gasteiger partial charge in [-0.25, -0.2) is 0 Å². The summed E-state index contributed by atoms with van der Waals surface area (Å²) in [5.74, 6) is -0.661. The third-order valence-electron chi connectivity index (χ3n) is 2.75. The molecule has 1 nitrogen and oxygen atoms in total. The van der Waals surface area contributed by atoms with Crippen LogP contribution in [-0.2, 0) is 0 Å². The highest BCUT2D eigenvalue weighted by molar-refractivity contribution is 4.93. The first-order valence-corrected chi connectivity index (χ1v) is 4.17. The van der Waals surface area contributed by atoms with Gasteiger partial charge < -0.3 is 5.11 Å². The number of halogens is 3. The lowest BCUT2D eigenvalue weighted by molar-refractivity contribution is -0.286. The number of hydrogen-bond acceptors (Lipinski definition) is 1. The largest absolute Gasteiger partial charge is 0.417 e. The van der Waals surface area contributed by atoms with Crippen LogP contribution in [0.5, 0.6) is 0 Å². The molecule has 4 heteroatoms. The summed E-state index contributed by atoms with van der Waals surface area (Å²) in [6.45, 7) is 1.46. The van der Waals surface area contributed by atoms with Crippen molar-refractivity contribution < 1.29 is 18.3 Å². The van der Waals surface area contributed by atoms with E-state index in [0.29, 0.717) is 12.8 Å². The van der Waals surface area contributed by atoms with E-state index in [1.165, 1.54) is 6.92 Å². The summed E-state index contributed by atoms with van der Waals surface area (Å²) in [6, 6.07) is 0. The van der Waals surface area contributed by atoms with Crippen LogP contribution in [0.25, 0.3) is 0 Å². The summed E-state index contributed by atoms with van der Waals surface area (Å²) >= 11 is 0. The minimum Gasteiger partial charge on any atom is -0.380 e. The summed E-state index contributed by atoms with van der Waals surface area (Å²) in [6.07, 6.45) is -2.87. The van der Waals surface area contributed by atoms with Crippen molar-refractivity contribution in [2.45, 2.75) is 44.4 Å². The summed E-state index contributed by atoms with van der Waals surface area (Å²) in [5, 5.41) is 9.35. The Labute approximate surface area is 69.6 Å². The quantitative estimate of drug-likeness (QED) is 0.610. The zero-order valence-corrected chi connectivity index (χ0v) is 6.99. The Morgan fingerprint density at radius 3 is 2.25 bits per heavy atom. The minimum atomic E-state index is -4.47. The molecule has 1 aliphatic rings. The lowest BCUT2D eigenvalue weighted by Gasteiger charge is -2.39. The second kappa shape index (κ2) is 2.91. The Hall–Kier alpha value is -0.250. The van der Waals surface area contributed by atoms with Gasteiger partial charge >= 0.3 is 6.18 Å². The Bertz CT molecular complexity index is 166. The number of alkyl halides is 3. The maximum Gasteiger partial charge on any atom is 0.417 e. The monoisotopic (exact) mass is 182 g/mol. The van der Waals surface area contributed by atoms with Crippen molar-refractivity contribution in [2.24, 2.45) is 5.92 Å². The zero-order chi connectivity index (χ0) is 9.41. The molecule has 72 valence electrons. The van der Waals surface area contributed by atoms with Crippen LogP contribution in [0.15, 0.2) is 0 Å². The molecule has 1 N–H and O–H groups in total. The van der Waals surface area contributed by atoms with Crippen LogP contribution >= 0.6 is 0 Å². The van der Waals surface area contributed by atoms with Crippen molar-refractivity contribution in [1.29, 1.82) is 0 Å². The lowest BCUT2D eigenvalue weighted by atomic mass is 9.76. The van der Waals surface area contributed by atoms with Crippen LogP contribution in [0.3, 0.4) is 0 Å². The Balaban J connectivity index is 2.79. The molecule has 0 aromatic carbocycles. The molecule has 2 unspecified atom stereocenters. The first kappa shape index (κ1) is 9.84. The molecule has 0 spiro atoms. The summed E-state index contributed by atoms with van der Waals surface area (Å²) in [4.78, 5) is 0.